The Morgan fingerprint density at radius 1 is 1.23 bits per heavy atom. The fourth-order valence-corrected chi connectivity index (χ4v) is 6.01. The van der Waals surface area contributed by atoms with Gasteiger partial charge in [-0.25, -0.2) is 4.90 Å². The summed E-state index contributed by atoms with van der Waals surface area (Å²) in [6, 6.07) is 0.360. The fraction of sp³-hybridized carbons (Fsp3) is 0.769. The van der Waals surface area contributed by atoms with Crippen LogP contribution in [0.25, 0.3) is 0 Å². The minimum absolute atomic E-state index is 0.0493. The van der Waals surface area contributed by atoms with Crippen molar-refractivity contribution >= 4 is 0 Å². The Hall–Kier alpha value is -0.980. The van der Waals surface area contributed by atoms with Crippen LogP contribution in [0.1, 0.15) is 72.6 Å². The highest BCUT2D eigenvalue weighted by Gasteiger charge is 2.46. The number of nitrogens with one attached hydrogen (secondary N) is 3. The first-order chi connectivity index (χ1) is 14.7. The zero-order valence-electron chi connectivity index (χ0n) is 20.8. The first-order valence-electron chi connectivity index (χ1n) is 12.5. The van der Waals surface area contributed by atoms with Crippen LogP contribution in [0.3, 0.4) is 0 Å². The molecule has 5 atom stereocenters. The highest BCUT2D eigenvalue weighted by molar-refractivity contribution is 5.11. The molecule has 0 aromatic heterocycles. The molecule has 0 aromatic rings. The molecule has 0 bridgehead atoms. The normalized spacial score (nSPS) is 34.8. The topological polar surface area (TPSA) is 57.8 Å². The van der Waals surface area contributed by atoms with E-state index in [2.05, 4.69) is 69.0 Å². The predicted octanol–water partition coefficient (Wildman–Crippen LogP) is 2.74. The molecule has 3 fully saturated rings. The van der Waals surface area contributed by atoms with Crippen LogP contribution >= 0.6 is 0 Å². The molecule has 31 heavy (non-hydrogen) atoms. The molecule has 3 aliphatic rings. The Bertz CT molecular complexity index is 679. The van der Waals surface area contributed by atoms with Crippen LogP contribution in [0, 0.1) is 11.3 Å². The number of hydrogen-bond acceptors (Lipinski definition) is 4. The molecule has 0 aromatic carbocycles. The van der Waals surface area contributed by atoms with Crippen LogP contribution < -0.4 is 21.3 Å². The summed E-state index contributed by atoms with van der Waals surface area (Å²) in [5, 5.41) is 6.92. The van der Waals surface area contributed by atoms with E-state index in [9.17, 15) is 0 Å². The number of quaternary nitrogens is 1. The Labute approximate surface area is 191 Å². The highest BCUT2D eigenvalue weighted by Crippen LogP contribution is 2.45. The molecule has 0 amide bonds. The molecule has 176 valence electrons. The molecule has 5 heteroatoms. The molecule has 2 aliphatic heterocycles. The van der Waals surface area contributed by atoms with E-state index in [4.69, 9.17) is 5.73 Å². The molecule has 2 heterocycles. The van der Waals surface area contributed by atoms with E-state index < -0.39 is 0 Å². The largest absolute Gasteiger partial charge is 0.314 e. The van der Waals surface area contributed by atoms with Gasteiger partial charge in [0.2, 0.25) is 0 Å². The van der Waals surface area contributed by atoms with Gasteiger partial charge in [-0.1, -0.05) is 49.3 Å². The molecule has 5 N–H and O–H groups in total. The van der Waals surface area contributed by atoms with Gasteiger partial charge in [0, 0.05) is 6.54 Å². The van der Waals surface area contributed by atoms with Gasteiger partial charge in [-0.2, -0.15) is 0 Å². The Balaban J connectivity index is 1.42. The second-order valence-corrected chi connectivity index (χ2v) is 11.1. The minimum Gasteiger partial charge on any atom is -0.314 e. The third-order valence-corrected chi connectivity index (χ3v) is 8.06. The summed E-state index contributed by atoms with van der Waals surface area (Å²) in [7, 11) is 2.26. The van der Waals surface area contributed by atoms with Crippen molar-refractivity contribution in [2.24, 2.45) is 17.1 Å². The van der Waals surface area contributed by atoms with Gasteiger partial charge in [-0.3, -0.25) is 10.6 Å². The highest BCUT2D eigenvalue weighted by atomic mass is 15.5. The van der Waals surface area contributed by atoms with Gasteiger partial charge in [0.25, 0.3) is 0 Å². The van der Waals surface area contributed by atoms with Gasteiger partial charge in [0.05, 0.1) is 19.9 Å². The van der Waals surface area contributed by atoms with E-state index in [0.717, 1.165) is 32.7 Å². The summed E-state index contributed by atoms with van der Waals surface area (Å²) in [4.78, 5) is 4.03. The number of nitrogens with two attached hydrogens (primary N) is 1. The summed E-state index contributed by atoms with van der Waals surface area (Å²) < 4.78 is 0. The smallest absolute Gasteiger partial charge is 0.162 e. The number of allylic oxidation sites excluding steroid dienone is 4. The van der Waals surface area contributed by atoms with E-state index in [1.165, 1.54) is 48.2 Å². The second-order valence-electron chi connectivity index (χ2n) is 11.1. The van der Waals surface area contributed by atoms with Gasteiger partial charge in [0.15, 0.2) is 6.17 Å². The lowest BCUT2D eigenvalue weighted by atomic mass is 9.65. The zero-order valence-corrected chi connectivity index (χ0v) is 20.8. The summed E-state index contributed by atoms with van der Waals surface area (Å²) in [6.45, 7) is 16.7. The quantitative estimate of drug-likeness (QED) is 0.447. The fourth-order valence-electron chi connectivity index (χ4n) is 6.01. The van der Waals surface area contributed by atoms with Crippen molar-refractivity contribution in [2.75, 3.05) is 26.9 Å². The van der Waals surface area contributed by atoms with Crippen molar-refractivity contribution in [3.8, 4) is 0 Å². The van der Waals surface area contributed by atoms with Crippen LogP contribution in [-0.4, -0.2) is 50.2 Å². The first kappa shape index (κ1) is 24.7. The zero-order chi connectivity index (χ0) is 22.6. The number of rotatable bonds is 8. The molecule has 3 rings (SSSR count). The van der Waals surface area contributed by atoms with Crippen LogP contribution in [0.15, 0.2) is 35.5 Å². The van der Waals surface area contributed by atoms with Crippen molar-refractivity contribution in [3.63, 3.8) is 0 Å². The molecule has 0 radical (unpaired) electrons. The van der Waals surface area contributed by atoms with E-state index in [0.29, 0.717) is 23.5 Å². The van der Waals surface area contributed by atoms with E-state index in [-0.39, 0.29) is 6.17 Å². The van der Waals surface area contributed by atoms with Crippen molar-refractivity contribution in [1.29, 1.82) is 0 Å². The first-order valence-corrected chi connectivity index (χ1v) is 12.5. The van der Waals surface area contributed by atoms with Crippen molar-refractivity contribution in [3.05, 3.63) is 35.5 Å². The Morgan fingerprint density at radius 3 is 2.71 bits per heavy atom. The van der Waals surface area contributed by atoms with Crippen molar-refractivity contribution in [2.45, 2.75) is 91.0 Å². The van der Waals surface area contributed by atoms with Gasteiger partial charge >= 0.3 is 0 Å². The monoisotopic (exact) mass is 430 g/mol. The maximum atomic E-state index is 6.36. The summed E-state index contributed by atoms with van der Waals surface area (Å²) >= 11 is 0. The van der Waals surface area contributed by atoms with Gasteiger partial charge in [-0.15, -0.1) is 0 Å². The van der Waals surface area contributed by atoms with Crippen LogP contribution in [-0.2, 0) is 0 Å². The van der Waals surface area contributed by atoms with Crippen molar-refractivity contribution in [1.82, 2.24) is 15.5 Å². The Morgan fingerprint density at radius 2 is 1.97 bits per heavy atom. The average Bonchev–Trinajstić information content (AvgIpc) is 3.02. The number of nitrogens with zero attached hydrogens (tertiary/aromatic N) is 1. The third-order valence-electron chi connectivity index (χ3n) is 8.06. The summed E-state index contributed by atoms with van der Waals surface area (Å²) in [5.74, 6) is 0.686. The second kappa shape index (κ2) is 10.8. The lowest BCUT2D eigenvalue weighted by Gasteiger charge is -2.40. The molecule has 1 aliphatic carbocycles. The summed E-state index contributed by atoms with van der Waals surface area (Å²) in [5.41, 5.74) is 11.3. The number of hydrogen-bond donors (Lipinski definition) is 4. The molecule has 1 saturated carbocycles. The van der Waals surface area contributed by atoms with E-state index in [1.807, 2.05) is 0 Å². The predicted molar refractivity (Wildman–Crippen MR) is 131 cm³/mol. The average molecular weight is 431 g/mol. The maximum absolute atomic E-state index is 6.36. The lowest BCUT2D eigenvalue weighted by Crippen LogP contribution is -3.14. The summed E-state index contributed by atoms with van der Waals surface area (Å²) in [6.07, 6.45) is 14.0. The number of likely N-dealkylation sites (N-methyl/N-ethyl adjacent to an activating group) is 1. The Kier molecular flexibility index (Phi) is 8.56. The molecular formula is C26H48N5+. The van der Waals surface area contributed by atoms with E-state index in [1.54, 1.807) is 5.57 Å². The molecule has 2 saturated heterocycles. The van der Waals surface area contributed by atoms with Gasteiger partial charge < -0.3 is 10.6 Å². The van der Waals surface area contributed by atoms with Crippen LogP contribution in [0.2, 0.25) is 0 Å². The maximum Gasteiger partial charge on any atom is 0.162 e. The number of fused-ring (bicyclic) bond motifs is 1. The van der Waals surface area contributed by atoms with Crippen LogP contribution in [0.4, 0.5) is 0 Å². The van der Waals surface area contributed by atoms with E-state index >= 15 is 0 Å². The molecule has 5 unspecified atom stereocenters. The standard InChI is InChI=1S/C26H47N5/c1-19(12-13-22-21(3)11-8-15-26(22,4)5)9-7-10-20(2)14-16-31-18-30(6)25-23(31)24(27)28-17-29-25/h9,14,22-25,28-29H,3,7-8,10-13,15-18,27H2,1-2,4-6H3/p+1. The SMILES string of the molecule is C=C1CCCC(C)(C)C1CCC(C)=CCCC(C)=CCN1C[NH+](C)C2NCNC(N)C21. The molecular weight excluding hydrogens is 382 g/mol. The van der Waals surface area contributed by atoms with Crippen molar-refractivity contribution < 1.29 is 4.90 Å². The third kappa shape index (κ3) is 6.29. The van der Waals surface area contributed by atoms with Gasteiger partial charge in [-0.05, 0) is 70.1 Å². The molecule has 5 nitrogen and oxygen atoms in total. The minimum atomic E-state index is 0.0493. The van der Waals surface area contributed by atoms with Crippen LogP contribution in [0.5, 0.6) is 0 Å². The molecule has 0 spiro atoms. The lowest BCUT2D eigenvalue weighted by molar-refractivity contribution is -0.900. The van der Waals surface area contributed by atoms with Gasteiger partial charge in [0.1, 0.15) is 12.7 Å².